The van der Waals surface area contributed by atoms with E-state index in [0.29, 0.717) is 0 Å². The summed E-state index contributed by atoms with van der Waals surface area (Å²) in [7, 11) is 0. The first-order chi connectivity index (χ1) is 6.86. The molecule has 1 rings (SSSR count). The molecule has 1 aromatic heterocycles. The number of hydrogen-bond donors (Lipinski definition) is 2. The molecular weight excluding hydrogens is 256 g/mol. The maximum Gasteiger partial charge on any atom is 0.325 e. The fraction of sp³-hybridized carbons (Fsp3) is 0.143. The number of pyridine rings is 1. The zero-order valence-corrected chi connectivity index (χ0v) is 8.19. The first-order valence-corrected chi connectivity index (χ1v) is 3.54. The molecule has 1 atom stereocenters. The van der Waals surface area contributed by atoms with Crippen LogP contribution in [0, 0.1) is 23.5 Å². The summed E-state index contributed by atoms with van der Waals surface area (Å²) in [6, 6.07) is -2.20. The molecule has 0 spiro atoms. The van der Waals surface area contributed by atoms with E-state index in [1.54, 1.807) is 0 Å². The fourth-order valence-corrected chi connectivity index (χ4v) is 0.899. The highest BCUT2D eigenvalue weighted by atomic mass is 35.5. The average molecular weight is 261 g/mol. The third-order valence-electron chi connectivity index (χ3n) is 1.61. The summed E-state index contributed by atoms with van der Waals surface area (Å²) in [6.07, 6.45) is 0. The van der Waals surface area contributed by atoms with E-state index in [2.05, 4.69) is 4.98 Å². The molecule has 3 N–H and O–H groups in total. The molecule has 0 saturated carbocycles. The van der Waals surface area contributed by atoms with Gasteiger partial charge in [0.05, 0.1) is 5.56 Å². The topological polar surface area (TPSA) is 76.2 Å². The highest BCUT2D eigenvalue weighted by molar-refractivity contribution is 5.85. The van der Waals surface area contributed by atoms with Crippen LogP contribution in [0.3, 0.4) is 0 Å². The highest BCUT2D eigenvalue weighted by Gasteiger charge is 2.28. The van der Waals surface area contributed by atoms with Crippen LogP contribution < -0.4 is 5.73 Å². The third-order valence-corrected chi connectivity index (χ3v) is 1.61. The van der Waals surface area contributed by atoms with Crippen molar-refractivity contribution < 1.29 is 27.5 Å². The second-order valence-corrected chi connectivity index (χ2v) is 2.55. The molecule has 16 heavy (non-hydrogen) atoms. The molecule has 0 bridgehead atoms. The normalized spacial score (nSPS) is 11.8. The number of carboxylic acid groups (broad SMARTS) is 1. The smallest absolute Gasteiger partial charge is 0.325 e. The van der Waals surface area contributed by atoms with Gasteiger partial charge in [-0.05, 0) is 0 Å². The Morgan fingerprint density at radius 3 is 1.88 bits per heavy atom. The minimum Gasteiger partial charge on any atom is -0.480 e. The van der Waals surface area contributed by atoms with Gasteiger partial charge in [-0.25, -0.2) is 8.78 Å². The number of hydrogen-bond acceptors (Lipinski definition) is 3. The van der Waals surface area contributed by atoms with Crippen LogP contribution >= 0.6 is 12.4 Å². The van der Waals surface area contributed by atoms with Gasteiger partial charge in [0.1, 0.15) is 6.04 Å². The molecule has 1 aromatic rings. The SMILES string of the molecule is Cl.NC(C(=O)O)c1c(F)c(F)nc(F)c1F. The van der Waals surface area contributed by atoms with Crippen molar-refractivity contribution in [2.75, 3.05) is 0 Å². The first kappa shape index (κ1) is 14.6. The van der Waals surface area contributed by atoms with E-state index in [-0.39, 0.29) is 12.4 Å². The molecular formula is C7H5ClF4N2O2. The summed E-state index contributed by atoms with van der Waals surface area (Å²) < 4.78 is 50.7. The van der Waals surface area contributed by atoms with Gasteiger partial charge in [-0.15, -0.1) is 12.4 Å². The number of aromatic nitrogens is 1. The number of carboxylic acids is 1. The standard InChI is InChI=1S/C7H4F4N2O2.ClH/c8-2-1(4(12)7(14)15)3(9)6(11)13-5(2)10;/h4H,12H2,(H,14,15);1H. The number of halogens is 5. The number of aliphatic carboxylic acids is 1. The minimum absolute atomic E-state index is 0. The lowest BCUT2D eigenvalue weighted by Crippen LogP contribution is -2.25. The van der Waals surface area contributed by atoms with E-state index in [1.807, 2.05) is 0 Å². The van der Waals surface area contributed by atoms with Crippen molar-refractivity contribution in [3.05, 3.63) is 29.1 Å². The Hall–Kier alpha value is -1.41. The first-order valence-electron chi connectivity index (χ1n) is 3.54. The number of rotatable bonds is 2. The maximum atomic E-state index is 12.9. The van der Waals surface area contributed by atoms with E-state index >= 15 is 0 Å². The van der Waals surface area contributed by atoms with Crippen molar-refractivity contribution in [3.63, 3.8) is 0 Å². The van der Waals surface area contributed by atoms with Gasteiger partial charge in [0.15, 0.2) is 11.6 Å². The van der Waals surface area contributed by atoms with E-state index in [1.165, 1.54) is 0 Å². The second-order valence-electron chi connectivity index (χ2n) is 2.55. The average Bonchev–Trinajstić information content (AvgIpc) is 2.15. The summed E-state index contributed by atoms with van der Waals surface area (Å²) in [6.45, 7) is 0. The Bertz CT molecular complexity index is 403. The summed E-state index contributed by atoms with van der Waals surface area (Å²) in [5, 5.41) is 8.34. The highest BCUT2D eigenvalue weighted by Crippen LogP contribution is 2.22. The monoisotopic (exact) mass is 260 g/mol. The Morgan fingerprint density at radius 2 is 1.56 bits per heavy atom. The number of nitrogens with two attached hydrogens (primary N) is 1. The largest absolute Gasteiger partial charge is 0.480 e. The van der Waals surface area contributed by atoms with Crippen LogP contribution in [0.1, 0.15) is 11.6 Å². The van der Waals surface area contributed by atoms with E-state index in [9.17, 15) is 22.4 Å². The molecule has 0 fully saturated rings. The van der Waals surface area contributed by atoms with E-state index in [4.69, 9.17) is 10.8 Å². The zero-order valence-electron chi connectivity index (χ0n) is 7.38. The zero-order chi connectivity index (χ0) is 11.7. The lowest BCUT2D eigenvalue weighted by Gasteiger charge is -2.09. The van der Waals surface area contributed by atoms with Gasteiger partial charge in [-0.1, -0.05) is 0 Å². The molecule has 0 amide bonds. The van der Waals surface area contributed by atoms with E-state index in [0.717, 1.165) is 0 Å². The van der Waals surface area contributed by atoms with Gasteiger partial charge in [0.25, 0.3) is 11.9 Å². The number of nitrogens with zero attached hydrogens (tertiary/aromatic N) is 1. The molecule has 90 valence electrons. The van der Waals surface area contributed by atoms with Gasteiger partial charge < -0.3 is 10.8 Å². The summed E-state index contributed by atoms with van der Waals surface area (Å²) in [4.78, 5) is 12.5. The van der Waals surface area contributed by atoms with Gasteiger partial charge in [0, 0.05) is 0 Å². The molecule has 0 aliphatic rings. The Balaban J connectivity index is 0.00000225. The molecule has 0 aliphatic heterocycles. The van der Waals surface area contributed by atoms with Crippen molar-refractivity contribution in [3.8, 4) is 0 Å². The van der Waals surface area contributed by atoms with Crippen LogP contribution in [0.4, 0.5) is 17.6 Å². The summed E-state index contributed by atoms with van der Waals surface area (Å²) in [5.74, 6) is -9.54. The Kier molecular flexibility index (Phi) is 4.63. The summed E-state index contributed by atoms with van der Waals surface area (Å²) >= 11 is 0. The number of carbonyl (C=O) groups is 1. The third kappa shape index (κ3) is 2.39. The van der Waals surface area contributed by atoms with Gasteiger partial charge in [-0.3, -0.25) is 4.79 Å². The van der Waals surface area contributed by atoms with Crippen LogP contribution in [0.2, 0.25) is 0 Å². The lowest BCUT2D eigenvalue weighted by atomic mass is 10.1. The predicted octanol–water partition coefficient (Wildman–Crippen LogP) is 1.14. The van der Waals surface area contributed by atoms with Crippen LogP contribution in [0.15, 0.2) is 0 Å². The van der Waals surface area contributed by atoms with Crippen LogP contribution in [-0.2, 0) is 4.79 Å². The van der Waals surface area contributed by atoms with Gasteiger partial charge in [-0.2, -0.15) is 13.8 Å². The van der Waals surface area contributed by atoms with Crippen molar-refractivity contribution >= 4 is 18.4 Å². The molecule has 1 unspecified atom stereocenters. The van der Waals surface area contributed by atoms with E-state index < -0.39 is 41.1 Å². The van der Waals surface area contributed by atoms with Crippen molar-refractivity contribution in [2.45, 2.75) is 6.04 Å². The quantitative estimate of drug-likeness (QED) is 0.618. The molecule has 1 heterocycles. The fourth-order valence-electron chi connectivity index (χ4n) is 0.899. The molecule has 0 aromatic carbocycles. The maximum absolute atomic E-state index is 12.9. The van der Waals surface area contributed by atoms with Gasteiger partial charge in [0.2, 0.25) is 0 Å². The molecule has 0 aliphatic carbocycles. The molecule has 9 heteroatoms. The minimum atomic E-state index is -2.20. The van der Waals surface area contributed by atoms with Crippen LogP contribution in [-0.4, -0.2) is 16.1 Å². The molecule has 0 saturated heterocycles. The van der Waals surface area contributed by atoms with Crippen LogP contribution in [0.25, 0.3) is 0 Å². The Morgan fingerprint density at radius 1 is 1.19 bits per heavy atom. The second kappa shape index (κ2) is 5.08. The van der Waals surface area contributed by atoms with Crippen molar-refractivity contribution in [1.82, 2.24) is 4.98 Å². The van der Waals surface area contributed by atoms with Crippen LogP contribution in [0.5, 0.6) is 0 Å². The molecule has 4 nitrogen and oxygen atoms in total. The van der Waals surface area contributed by atoms with Gasteiger partial charge >= 0.3 is 5.97 Å². The summed E-state index contributed by atoms with van der Waals surface area (Å²) in [5.41, 5.74) is 3.44. The predicted molar refractivity (Wildman–Crippen MR) is 45.9 cm³/mol. The molecule has 0 radical (unpaired) electrons. The van der Waals surface area contributed by atoms with Crippen molar-refractivity contribution in [2.24, 2.45) is 5.73 Å². The lowest BCUT2D eigenvalue weighted by molar-refractivity contribution is -0.138. The van der Waals surface area contributed by atoms with Crippen molar-refractivity contribution in [1.29, 1.82) is 0 Å². The Labute approximate surface area is 92.5 Å².